The van der Waals surface area contributed by atoms with Gasteiger partial charge in [-0.25, -0.2) is 0 Å². The highest BCUT2D eigenvalue weighted by molar-refractivity contribution is 5.88. The molecule has 102 valence electrons. The Bertz CT molecular complexity index is 945. The van der Waals surface area contributed by atoms with E-state index < -0.39 is 0 Å². The van der Waals surface area contributed by atoms with Gasteiger partial charge in [-0.15, -0.1) is 5.10 Å². The molecule has 0 spiro atoms. The number of benzene rings is 2. The van der Waals surface area contributed by atoms with Crippen LogP contribution in [0.25, 0.3) is 27.6 Å². The summed E-state index contributed by atoms with van der Waals surface area (Å²) in [7, 11) is 1.62. The highest BCUT2D eigenvalue weighted by Crippen LogP contribution is 2.26. The molecule has 5 heteroatoms. The number of fused-ring (bicyclic) bond motifs is 2. The van der Waals surface area contributed by atoms with Gasteiger partial charge in [0.1, 0.15) is 5.52 Å². The van der Waals surface area contributed by atoms with Crippen molar-refractivity contribution in [1.82, 2.24) is 20.0 Å². The molecule has 0 fully saturated rings. The van der Waals surface area contributed by atoms with E-state index in [4.69, 9.17) is 4.74 Å². The van der Waals surface area contributed by atoms with Gasteiger partial charge in [0.05, 0.1) is 12.6 Å². The van der Waals surface area contributed by atoms with E-state index in [-0.39, 0.29) is 0 Å². The van der Waals surface area contributed by atoms with Crippen LogP contribution in [0.15, 0.2) is 54.6 Å². The lowest BCUT2D eigenvalue weighted by Gasteiger charge is -2.08. The summed E-state index contributed by atoms with van der Waals surface area (Å²) in [5.41, 5.74) is 1.76. The largest absolute Gasteiger partial charge is 0.480 e. The van der Waals surface area contributed by atoms with Crippen LogP contribution in [0.1, 0.15) is 0 Å². The second-order valence-corrected chi connectivity index (χ2v) is 4.70. The number of rotatable bonds is 2. The van der Waals surface area contributed by atoms with Crippen molar-refractivity contribution in [2.75, 3.05) is 7.11 Å². The molecule has 21 heavy (non-hydrogen) atoms. The lowest BCUT2D eigenvalue weighted by molar-refractivity contribution is 0.402. The first kappa shape index (κ1) is 11.8. The van der Waals surface area contributed by atoms with Crippen LogP contribution < -0.4 is 4.74 Å². The average Bonchev–Trinajstić information content (AvgIpc) is 2.98. The van der Waals surface area contributed by atoms with E-state index in [2.05, 4.69) is 15.3 Å². The molecule has 4 aromatic rings. The van der Waals surface area contributed by atoms with Gasteiger partial charge in [0, 0.05) is 5.39 Å². The molecule has 2 aromatic carbocycles. The van der Waals surface area contributed by atoms with Crippen molar-refractivity contribution in [2.45, 2.75) is 0 Å². The minimum absolute atomic E-state index is 0.586. The molecule has 0 radical (unpaired) electrons. The first-order valence-corrected chi connectivity index (χ1v) is 6.61. The Labute approximate surface area is 120 Å². The Morgan fingerprint density at radius 1 is 1.00 bits per heavy atom. The maximum atomic E-state index is 5.41. The van der Waals surface area contributed by atoms with Gasteiger partial charge in [0.2, 0.25) is 5.88 Å². The normalized spacial score (nSPS) is 11.1. The Balaban J connectivity index is 2.02. The Kier molecular flexibility index (Phi) is 2.57. The summed E-state index contributed by atoms with van der Waals surface area (Å²) in [5.74, 6) is 1.28. The summed E-state index contributed by atoms with van der Waals surface area (Å²) in [4.78, 5) is 4.55. The lowest BCUT2D eigenvalue weighted by Crippen LogP contribution is -2.01. The predicted octanol–water partition coefficient (Wildman–Crippen LogP) is 2.98. The third-order valence-corrected chi connectivity index (χ3v) is 3.45. The smallest absolute Gasteiger partial charge is 0.223 e. The maximum Gasteiger partial charge on any atom is 0.223 e. The van der Waals surface area contributed by atoms with Gasteiger partial charge in [0.25, 0.3) is 0 Å². The van der Waals surface area contributed by atoms with Crippen LogP contribution in [0, 0.1) is 0 Å². The van der Waals surface area contributed by atoms with Crippen LogP contribution in [0.2, 0.25) is 0 Å². The molecule has 5 nitrogen and oxygen atoms in total. The molecule has 0 aliphatic carbocycles. The molecule has 4 rings (SSSR count). The molecule has 0 aliphatic rings. The average molecular weight is 276 g/mol. The minimum atomic E-state index is 0.586. The fraction of sp³-hybridized carbons (Fsp3) is 0.0625. The molecule has 0 bridgehead atoms. The number of para-hydroxylation sites is 1. The first-order chi connectivity index (χ1) is 10.4. The van der Waals surface area contributed by atoms with Crippen molar-refractivity contribution in [3.8, 4) is 11.7 Å². The summed E-state index contributed by atoms with van der Waals surface area (Å²) in [6, 6.07) is 17.8. The highest BCUT2D eigenvalue weighted by Gasteiger charge is 2.11. The van der Waals surface area contributed by atoms with Gasteiger partial charge in [-0.1, -0.05) is 35.5 Å². The topological polar surface area (TPSA) is 52.8 Å². The number of aromatic nitrogens is 4. The minimum Gasteiger partial charge on any atom is -0.480 e. The van der Waals surface area contributed by atoms with E-state index >= 15 is 0 Å². The molecule has 0 atom stereocenters. The second kappa shape index (κ2) is 4.56. The zero-order valence-corrected chi connectivity index (χ0v) is 11.4. The van der Waals surface area contributed by atoms with Gasteiger partial charge in [-0.2, -0.15) is 9.67 Å². The number of hydrogen-bond donors (Lipinski definition) is 0. The first-order valence-electron chi connectivity index (χ1n) is 6.61. The van der Waals surface area contributed by atoms with Gasteiger partial charge in [-0.05, 0) is 29.7 Å². The van der Waals surface area contributed by atoms with Crippen LogP contribution in [-0.2, 0) is 0 Å². The lowest BCUT2D eigenvalue weighted by atomic mass is 10.1. The zero-order chi connectivity index (χ0) is 14.2. The summed E-state index contributed by atoms with van der Waals surface area (Å²) in [6.45, 7) is 0. The van der Waals surface area contributed by atoms with Gasteiger partial charge >= 0.3 is 0 Å². The highest BCUT2D eigenvalue weighted by atomic mass is 16.5. The zero-order valence-electron chi connectivity index (χ0n) is 11.4. The van der Waals surface area contributed by atoms with E-state index in [0.29, 0.717) is 11.7 Å². The Hall–Kier alpha value is -2.95. The van der Waals surface area contributed by atoms with Crippen LogP contribution in [0.4, 0.5) is 0 Å². The van der Waals surface area contributed by atoms with Crippen molar-refractivity contribution in [3.05, 3.63) is 54.6 Å². The van der Waals surface area contributed by atoms with Crippen LogP contribution in [0.3, 0.4) is 0 Å². The Morgan fingerprint density at radius 3 is 2.71 bits per heavy atom. The van der Waals surface area contributed by atoms with Crippen molar-refractivity contribution in [2.24, 2.45) is 0 Å². The maximum absolute atomic E-state index is 5.41. The molecule has 0 saturated carbocycles. The van der Waals surface area contributed by atoms with Gasteiger partial charge < -0.3 is 4.74 Å². The van der Waals surface area contributed by atoms with Crippen molar-refractivity contribution in [3.63, 3.8) is 0 Å². The molecule has 0 N–H and O–H groups in total. The monoisotopic (exact) mass is 276 g/mol. The number of pyridine rings is 1. The predicted molar refractivity (Wildman–Crippen MR) is 80.7 cm³/mol. The number of nitrogens with zero attached hydrogens (tertiary/aromatic N) is 4. The Morgan fingerprint density at radius 2 is 1.81 bits per heavy atom. The number of hydrogen-bond acceptors (Lipinski definition) is 4. The van der Waals surface area contributed by atoms with E-state index in [0.717, 1.165) is 21.8 Å². The molecule has 2 heterocycles. The third kappa shape index (κ3) is 1.82. The summed E-state index contributed by atoms with van der Waals surface area (Å²) in [6.07, 6.45) is 0. The number of ether oxygens (including phenoxy) is 1. The van der Waals surface area contributed by atoms with E-state index in [1.807, 2.05) is 54.6 Å². The van der Waals surface area contributed by atoms with E-state index in [1.54, 1.807) is 11.8 Å². The molecule has 0 aliphatic heterocycles. The summed E-state index contributed by atoms with van der Waals surface area (Å²) < 4.78 is 7.13. The quantitative estimate of drug-likeness (QED) is 0.565. The fourth-order valence-corrected chi connectivity index (χ4v) is 2.46. The second-order valence-electron chi connectivity index (χ2n) is 4.70. The van der Waals surface area contributed by atoms with Crippen molar-refractivity contribution >= 4 is 21.8 Å². The molecular weight excluding hydrogens is 264 g/mol. The van der Waals surface area contributed by atoms with Crippen LogP contribution in [0.5, 0.6) is 5.88 Å². The molecule has 0 unspecified atom stereocenters. The van der Waals surface area contributed by atoms with Gasteiger partial charge in [-0.3, -0.25) is 0 Å². The third-order valence-electron chi connectivity index (χ3n) is 3.45. The number of methoxy groups -OCH3 is 1. The van der Waals surface area contributed by atoms with Crippen molar-refractivity contribution < 1.29 is 4.74 Å². The van der Waals surface area contributed by atoms with E-state index in [9.17, 15) is 0 Å². The summed E-state index contributed by atoms with van der Waals surface area (Å²) >= 11 is 0. The molecular formula is C16H12N4O. The summed E-state index contributed by atoms with van der Waals surface area (Å²) in [5, 5.41) is 10.4. The van der Waals surface area contributed by atoms with Crippen molar-refractivity contribution in [1.29, 1.82) is 0 Å². The molecule has 0 saturated heterocycles. The van der Waals surface area contributed by atoms with Crippen LogP contribution >= 0.6 is 0 Å². The molecule has 2 aromatic heterocycles. The standard InChI is InChI=1S/C16H12N4O/c1-21-16-12-7-3-2-6-11(12)10-15(17-16)20-14-9-5-4-8-13(14)18-19-20/h2-10H,1H3. The fourth-order valence-electron chi connectivity index (χ4n) is 2.46. The van der Waals surface area contributed by atoms with Gasteiger partial charge in [0.15, 0.2) is 5.82 Å². The SMILES string of the molecule is COc1nc(-n2nnc3ccccc32)cc2ccccc12. The van der Waals surface area contributed by atoms with E-state index in [1.165, 1.54) is 0 Å². The molecule has 0 amide bonds. The van der Waals surface area contributed by atoms with Crippen LogP contribution in [-0.4, -0.2) is 27.1 Å².